The van der Waals surface area contributed by atoms with Gasteiger partial charge < -0.3 is 14.8 Å². The molecular weight excluding hydrogens is 448 g/mol. The fraction of sp³-hybridized carbons (Fsp3) is 0.316. The number of fused-ring (bicyclic) bond motifs is 1. The molecule has 0 aromatic heterocycles. The predicted octanol–water partition coefficient (Wildman–Crippen LogP) is 2.63. The molecule has 28 heavy (non-hydrogen) atoms. The Kier molecular flexibility index (Phi) is 6.71. The van der Waals surface area contributed by atoms with Crippen molar-refractivity contribution in [3.8, 4) is 5.75 Å². The van der Waals surface area contributed by atoms with Crippen LogP contribution >= 0.6 is 15.9 Å². The van der Waals surface area contributed by atoms with Crippen LogP contribution in [0.15, 0.2) is 51.8 Å². The largest absolute Gasteiger partial charge is 0.493 e. The molecule has 150 valence electrons. The maximum atomic E-state index is 12.9. The zero-order valence-electron chi connectivity index (χ0n) is 15.3. The number of methoxy groups -OCH3 is 1. The first-order valence-corrected chi connectivity index (χ1v) is 11.0. The fourth-order valence-electron chi connectivity index (χ4n) is 2.93. The van der Waals surface area contributed by atoms with Crippen LogP contribution in [0.2, 0.25) is 0 Å². The second kappa shape index (κ2) is 9.04. The highest BCUT2D eigenvalue weighted by atomic mass is 79.9. The highest BCUT2D eigenvalue weighted by Crippen LogP contribution is 2.32. The van der Waals surface area contributed by atoms with Crippen LogP contribution in [0.1, 0.15) is 28.4 Å². The minimum Gasteiger partial charge on any atom is -0.493 e. The number of carbonyl (C=O) groups excluding carboxylic acids is 1. The molecule has 1 aliphatic heterocycles. The minimum atomic E-state index is -3.74. The summed E-state index contributed by atoms with van der Waals surface area (Å²) in [5.74, 6) is 0.388. The summed E-state index contributed by atoms with van der Waals surface area (Å²) < 4.78 is 38.3. The van der Waals surface area contributed by atoms with Crippen LogP contribution in [0, 0.1) is 0 Å². The lowest BCUT2D eigenvalue weighted by molar-refractivity contribution is 0.0924. The smallest absolute Gasteiger partial charge is 0.252 e. The molecule has 1 atom stereocenters. The van der Waals surface area contributed by atoms with E-state index < -0.39 is 10.0 Å². The summed E-state index contributed by atoms with van der Waals surface area (Å²) in [4.78, 5) is 12.9. The molecule has 7 nitrogen and oxygen atoms in total. The number of hydrogen-bond acceptors (Lipinski definition) is 5. The van der Waals surface area contributed by atoms with Crippen molar-refractivity contribution in [2.75, 3.05) is 26.9 Å². The van der Waals surface area contributed by atoms with Gasteiger partial charge in [0.05, 0.1) is 29.7 Å². The molecule has 0 saturated heterocycles. The SMILES string of the molecule is COCCNS(=O)(=O)c1ccc(Br)c(C(=O)NC2CCOc3ccccc32)c1. The average molecular weight is 469 g/mol. The molecule has 3 rings (SSSR count). The maximum Gasteiger partial charge on any atom is 0.252 e. The Hall–Kier alpha value is -1.94. The van der Waals surface area contributed by atoms with Crippen molar-refractivity contribution < 1.29 is 22.7 Å². The van der Waals surface area contributed by atoms with Crippen LogP contribution in [0.4, 0.5) is 0 Å². The zero-order valence-corrected chi connectivity index (χ0v) is 17.7. The molecule has 0 fully saturated rings. The first-order valence-electron chi connectivity index (χ1n) is 8.73. The molecule has 1 heterocycles. The molecule has 0 spiro atoms. The van der Waals surface area contributed by atoms with Crippen molar-refractivity contribution >= 4 is 31.9 Å². The Morgan fingerprint density at radius 3 is 2.86 bits per heavy atom. The lowest BCUT2D eigenvalue weighted by Crippen LogP contribution is -2.32. The van der Waals surface area contributed by atoms with Crippen molar-refractivity contribution in [3.05, 3.63) is 58.1 Å². The van der Waals surface area contributed by atoms with E-state index in [1.54, 1.807) is 6.07 Å². The summed E-state index contributed by atoms with van der Waals surface area (Å²) in [7, 11) is -2.25. The van der Waals surface area contributed by atoms with Gasteiger partial charge in [-0.3, -0.25) is 4.79 Å². The highest BCUT2D eigenvalue weighted by Gasteiger charge is 2.25. The molecule has 0 radical (unpaired) electrons. The number of hydrogen-bond donors (Lipinski definition) is 2. The number of amides is 1. The zero-order chi connectivity index (χ0) is 20.1. The Morgan fingerprint density at radius 1 is 1.29 bits per heavy atom. The lowest BCUT2D eigenvalue weighted by atomic mass is 10.00. The van der Waals surface area contributed by atoms with Crippen molar-refractivity contribution in [2.45, 2.75) is 17.4 Å². The van der Waals surface area contributed by atoms with Crippen LogP contribution in [-0.2, 0) is 14.8 Å². The van der Waals surface area contributed by atoms with E-state index >= 15 is 0 Å². The van der Waals surface area contributed by atoms with E-state index in [9.17, 15) is 13.2 Å². The predicted molar refractivity (Wildman–Crippen MR) is 108 cm³/mol. The Morgan fingerprint density at radius 2 is 2.07 bits per heavy atom. The Labute approximate surface area is 172 Å². The first-order chi connectivity index (χ1) is 13.4. The van der Waals surface area contributed by atoms with Crippen LogP contribution in [0.3, 0.4) is 0 Å². The number of nitrogens with one attached hydrogen (secondary N) is 2. The molecule has 1 aliphatic rings. The van der Waals surface area contributed by atoms with Gasteiger partial charge in [-0.2, -0.15) is 0 Å². The molecule has 2 N–H and O–H groups in total. The number of sulfonamides is 1. The number of carbonyl (C=O) groups is 1. The van der Waals surface area contributed by atoms with E-state index in [-0.39, 0.29) is 35.6 Å². The van der Waals surface area contributed by atoms with E-state index in [0.29, 0.717) is 17.5 Å². The monoisotopic (exact) mass is 468 g/mol. The highest BCUT2D eigenvalue weighted by molar-refractivity contribution is 9.10. The van der Waals surface area contributed by atoms with Gasteiger partial charge in [-0.25, -0.2) is 13.1 Å². The summed E-state index contributed by atoms with van der Waals surface area (Å²) in [5.41, 5.74) is 1.15. The van der Waals surface area contributed by atoms with E-state index in [1.807, 2.05) is 24.3 Å². The van der Waals surface area contributed by atoms with Crippen LogP contribution < -0.4 is 14.8 Å². The summed E-state index contributed by atoms with van der Waals surface area (Å²) >= 11 is 3.34. The summed E-state index contributed by atoms with van der Waals surface area (Å²) in [6.45, 7) is 0.905. The third-order valence-corrected chi connectivity index (χ3v) is 6.51. The van der Waals surface area contributed by atoms with Gasteiger partial charge in [0.25, 0.3) is 5.91 Å². The number of ether oxygens (including phenoxy) is 2. The minimum absolute atomic E-state index is 0.0179. The quantitative estimate of drug-likeness (QED) is 0.609. The molecule has 0 saturated carbocycles. The maximum absolute atomic E-state index is 12.9. The molecule has 1 unspecified atom stereocenters. The molecule has 0 bridgehead atoms. The second-order valence-electron chi connectivity index (χ2n) is 6.23. The van der Waals surface area contributed by atoms with Crippen molar-refractivity contribution in [3.63, 3.8) is 0 Å². The third kappa shape index (κ3) is 4.72. The van der Waals surface area contributed by atoms with Gasteiger partial charge >= 0.3 is 0 Å². The van der Waals surface area contributed by atoms with Crippen molar-refractivity contribution in [1.29, 1.82) is 0 Å². The van der Waals surface area contributed by atoms with Crippen molar-refractivity contribution in [2.24, 2.45) is 0 Å². The first kappa shape index (κ1) is 20.8. The molecule has 2 aromatic carbocycles. The van der Waals surface area contributed by atoms with Gasteiger partial charge in [-0.1, -0.05) is 18.2 Å². The normalized spacial score (nSPS) is 16.1. The van der Waals surface area contributed by atoms with Crippen molar-refractivity contribution in [1.82, 2.24) is 10.0 Å². The van der Waals surface area contributed by atoms with E-state index in [0.717, 1.165) is 11.3 Å². The summed E-state index contributed by atoms with van der Waals surface area (Å²) in [6.07, 6.45) is 0.636. The number of benzene rings is 2. The molecule has 0 aliphatic carbocycles. The number of rotatable bonds is 7. The van der Waals surface area contributed by atoms with Crippen LogP contribution in [0.25, 0.3) is 0 Å². The van der Waals surface area contributed by atoms with Gasteiger partial charge in [-0.15, -0.1) is 0 Å². The topological polar surface area (TPSA) is 93.7 Å². The van der Waals surface area contributed by atoms with Gasteiger partial charge in [0, 0.05) is 30.1 Å². The Balaban J connectivity index is 1.81. The van der Waals surface area contributed by atoms with E-state index in [4.69, 9.17) is 9.47 Å². The second-order valence-corrected chi connectivity index (χ2v) is 8.85. The fourth-order valence-corrected chi connectivity index (χ4v) is 4.40. The van der Waals surface area contributed by atoms with Gasteiger partial charge in [-0.05, 0) is 40.2 Å². The average Bonchev–Trinajstić information content (AvgIpc) is 2.68. The number of para-hydroxylation sites is 1. The molecule has 2 aromatic rings. The standard InChI is InChI=1S/C19H21BrN2O5S/c1-26-11-9-21-28(24,25)13-6-7-16(20)15(12-13)19(23)22-17-8-10-27-18-5-3-2-4-14(17)18/h2-7,12,17,21H,8-11H2,1H3,(H,22,23). The lowest BCUT2D eigenvalue weighted by Gasteiger charge is -2.26. The van der Waals surface area contributed by atoms with Gasteiger partial charge in [0.2, 0.25) is 10.0 Å². The number of halogens is 1. The van der Waals surface area contributed by atoms with Crippen LogP contribution in [0.5, 0.6) is 5.75 Å². The van der Waals surface area contributed by atoms with Crippen LogP contribution in [-0.4, -0.2) is 41.2 Å². The summed E-state index contributed by atoms with van der Waals surface area (Å²) in [6, 6.07) is 11.7. The van der Waals surface area contributed by atoms with Gasteiger partial charge in [0.15, 0.2) is 0 Å². The van der Waals surface area contributed by atoms with Gasteiger partial charge in [0.1, 0.15) is 5.75 Å². The van der Waals surface area contributed by atoms with E-state index in [1.165, 1.54) is 19.2 Å². The summed E-state index contributed by atoms with van der Waals surface area (Å²) in [5, 5.41) is 2.98. The Bertz CT molecular complexity index is 965. The molecule has 9 heteroatoms. The molecule has 1 amide bonds. The third-order valence-electron chi connectivity index (χ3n) is 4.35. The van der Waals surface area contributed by atoms with E-state index in [2.05, 4.69) is 26.0 Å². The molecular formula is C19H21BrN2O5S.